The summed E-state index contributed by atoms with van der Waals surface area (Å²) in [6.07, 6.45) is 1.07. The normalized spacial score (nSPS) is 16.9. The summed E-state index contributed by atoms with van der Waals surface area (Å²) in [5.74, 6) is -2.97. The fourth-order valence-electron chi connectivity index (χ4n) is 2.35. The fraction of sp³-hybridized carbons (Fsp3) is 0.667. The number of hydrogen-bond donors (Lipinski definition) is 4. The number of rotatable bonds is 6. The lowest BCUT2D eigenvalue weighted by Gasteiger charge is -2.25. The molecule has 5 amide bonds. The van der Waals surface area contributed by atoms with Crippen molar-refractivity contribution < 1.29 is 24.0 Å². The Bertz CT molecular complexity index is 569. The van der Waals surface area contributed by atoms with Gasteiger partial charge in [-0.2, -0.15) is 0 Å². The second-order valence-corrected chi connectivity index (χ2v) is 6.81. The monoisotopic (exact) mass is 355 g/mol. The Labute approximate surface area is 145 Å². The molecule has 10 heteroatoms. The molecule has 140 valence electrons. The van der Waals surface area contributed by atoms with Crippen molar-refractivity contribution in [2.45, 2.75) is 45.2 Å². The van der Waals surface area contributed by atoms with E-state index in [-0.39, 0.29) is 6.54 Å². The Morgan fingerprint density at radius 3 is 2.28 bits per heavy atom. The Morgan fingerprint density at radius 1 is 1.08 bits per heavy atom. The van der Waals surface area contributed by atoms with Crippen LogP contribution in [0.2, 0.25) is 0 Å². The number of hydrogen-bond acceptors (Lipinski definition) is 5. The largest absolute Gasteiger partial charge is 0.363 e. The van der Waals surface area contributed by atoms with Gasteiger partial charge in [0, 0.05) is 12.1 Å². The van der Waals surface area contributed by atoms with Crippen molar-refractivity contribution >= 4 is 29.5 Å². The van der Waals surface area contributed by atoms with Crippen molar-refractivity contribution in [3.8, 4) is 0 Å². The zero-order valence-electron chi connectivity index (χ0n) is 14.7. The van der Waals surface area contributed by atoms with E-state index in [9.17, 15) is 24.0 Å². The number of nitrogens with zero attached hydrogens (tertiary/aromatic N) is 1. The fourth-order valence-corrected chi connectivity index (χ4v) is 2.35. The van der Waals surface area contributed by atoms with Crippen LogP contribution in [0.1, 0.15) is 33.6 Å². The van der Waals surface area contributed by atoms with Gasteiger partial charge in [-0.25, -0.2) is 4.79 Å². The highest BCUT2D eigenvalue weighted by molar-refractivity contribution is 6.36. The maximum absolute atomic E-state index is 12.2. The first-order chi connectivity index (χ1) is 11.5. The number of likely N-dealkylation sites (tertiary alicyclic amines) is 1. The standard InChI is InChI=1S/C15H25N5O5/c1-15(2,3)19-14(25)18-8-11(22)20-6-4-5-9(20)13(24)17-7-10(21)12(16)23/h9H,4-8H2,1-3H3,(H2,16,23)(H,17,24)(H2,18,19,25). The van der Waals surface area contributed by atoms with E-state index < -0.39 is 47.7 Å². The molecule has 0 saturated carbocycles. The lowest BCUT2D eigenvalue weighted by molar-refractivity contribution is -0.139. The van der Waals surface area contributed by atoms with Crippen molar-refractivity contribution in [3.05, 3.63) is 0 Å². The predicted octanol–water partition coefficient (Wildman–Crippen LogP) is -1.75. The first kappa shape index (κ1) is 20.4. The Balaban J connectivity index is 2.51. The molecule has 1 atom stereocenters. The average Bonchev–Trinajstić information content (AvgIpc) is 2.97. The third kappa shape index (κ3) is 6.77. The van der Waals surface area contributed by atoms with E-state index in [2.05, 4.69) is 16.0 Å². The third-order valence-electron chi connectivity index (χ3n) is 3.46. The summed E-state index contributed by atoms with van der Waals surface area (Å²) in [5.41, 5.74) is 4.38. The number of amides is 5. The van der Waals surface area contributed by atoms with Crippen LogP contribution in [-0.2, 0) is 19.2 Å². The first-order valence-corrected chi connectivity index (χ1v) is 7.97. The average molecular weight is 355 g/mol. The molecule has 0 radical (unpaired) electrons. The summed E-state index contributed by atoms with van der Waals surface area (Å²) in [6, 6.07) is -1.21. The van der Waals surface area contributed by atoms with E-state index in [1.165, 1.54) is 4.90 Å². The summed E-state index contributed by atoms with van der Waals surface area (Å²) in [6.45, 7) is 5.06. The van der Waals surface area contributed by atoms with Crippen LogP contribution in [0.15, 0.2) is 0 Å². The van der Waals surface area contributed by atoms with Gasteiger partial charge >= 0.3 is 6.03 Å². The van der Waals surface area contributed by atoms with Crippen LogP contribution < -0.4 is 21.7 Å². The number of urea groups is 1. The molecule has 1 aliphatic heterocycles. The van der Waals surface area contributed by atoms with Gasteiger partial charge in [0.1, 0.15) is 6.04 Å². The second kappa shape index (κ2) is 8.45. The van der Waals surface area contributed by atoms with Crippen molar-refractivity contribution in [2.75, 3.05) is 19.6 Å². The maximum atomic E-state index is 12.2. The van der Waals surface area contributed by atoms with Crippen LogP contribution >= 0.6 is 0 Å². The van der Waals surface area contributed by atoms with Gasteiger partial charge in [-0.1, -0.05) is 0 Å². The van der Waals surface area contributed by atoms with E-state index >= 15 is 0 Å². The van der Waals surface area contributed by atoms with Gasteiger partial charge in [-0.15, -0.1) is 0 Å². The summed E-state index contributed by atoms with van der Waals surface area (Å²) in [5, 5.41) is 7.42. The molecular weight excluding hydrogens is 330 g/mol. The SMILES string of the molecule is CC(C)(C)NC(=O)NCC(=O)N1CCCC1C(=O)NCC(=O)C(N)=O. The molecule has 1 fully saturated rings. The molecule has 0 aliphatic carbocycles. The zero-order chi connectivity index (χ0) is 19.2. The molecule has 1 unspecified atom stereocenters. The first-order valence-electron chi connectivity index (χ1n) is 7.97. The molecule has 0 aromatic rings. The number of Topliss-reactive ketones (excluding diaryl/α,β-unsaturated/α-hetero) is 1. The van der Waals surface area contributed by atoms with Crippen LogP contribution in [0.4, 0.5) is 4.79 Å². The summed E-state index contributed by atoms with van der Waals surface area (Å²) < 4.78 is 0. The number of nitrogens with two attached hydrogens (primary N) is 1. The van der Waals surface area contributed by atoms with E-state index in [0.29, 0.717) is 19.4 Å². The molecule has 0 aromatic carbocycles. The number of primary amides is 1. The summed E-state index contributed by atoms with van der Waals surface area (Å²) in [7, 11) is 0. The molecule has 5 N–H and O–H groups in total. The number of carbonyl (C=O) groups is 5. The predicted molar refractivity (Wildman–Crippen MR) is 88.2 cm³/mol. The quantitative estimate of drug-likeness (QED) is 0.416. The third-order valence-corrected chi connectivity index (χ3v) is 3.46. The topological polar surface area (TPSA) is 151 Å². The highest BCUT2D eigenvalue weighted by Gasteiger charge is 2.34. The van der Waals surface area contributed by atoms with Gasteiger partial charge in [0.15, 0.2) is 0 Å². The van der Waals surface area contributed by atoms with Crippen molar-refractivity contribution in [1.29, 1.82) is 0 Å². The van der Waals surface area contributed by atoms with Crippen LogP contribution in [0.25, 0.3) is 0 Å². The maximum Gasteiger partial charge on any atom is 0.315 e. The Morgan fingerprint density at radius 2 is 1.72 bits per heavy atom. The number of carbonyl (C=O) groups excluding carboxylic acids is 5. The minimum absolute atomic E-state index is 0.244. The van der Waals surface area contributed by atoms with Crippen LogP contribution in [0.3, 0.4) is 0 Å². The van der Waals surface area contributed by atoms with Crippen LogP contribution in [-0.4, -0.2) is 65.7 Å². The van der Waals surface area contributed by atoms with Gasteiger partial charge in [0.2, 0.25) is 17.6 Å². The molecule has 1 aliphatic rings. The van der Waals surface area contributed by atoms with E-state index in [1.54, 1.807) is 0 Å². The van der Waals surface area contributed by atoms with E-state index in [4.69, 9.17) is 5.73 Å². The molecule has 1 rings (SSSR count). The molecule has 0 spiro atoms. The van der Waals surface area contributed by atoms with Gasteiger partial charge in [-0.3, -0.25) is 19.2 Å². The lowest BCUT2D eigenvalue weighted by Crippen LogP contribution is -2.52. The van der Waals surface area contributed by atoms with Gasteiger partial charge in [0.05, 0.1) is 13.1 Å². The number of ketones is 1. The minimum atomic E-state index is -1.13. The Kier molecular flexibility index (Phi) is 6.89. The molecule has 1 heterocycles. The van der Waals surface area contributed by atoms with Gasteiger partial charge in [-0.05, 0) is 33.6 Å². The number of nitrogens with one attached hydrogen (secondary N) is 3. The van der Waals surface area contributed by atoms with Crippen molar-refractivity contribution in [1.82, 2.24) is 20.9 Å². The highest BCUT2D eigenvalue weighted by Crippen LogP contribution is 2.17. The molecular formula is C15H25N5O5. The van der Waals surface area contributed by atoms with E-state index in [0.717, 1.165) is 0 Å². The molecule has 25 heavy (non-hydrogen) atoms. The minimum Gasteiger partial charge on any atom is -0.363 e. The molecule has 1 saturated heterocycles. The smallest absolute Gasteiger partial charge is 0.315 e. The van der Waals surface area contributed by atoms with Gasteiger partial charge in [0.25, 0.3) is 5.91 Å². The van der Waals surface area contributed by atoms with Gasteiger partial charge < -0.3 is 26.6 Å². The molecule has 10 nitrogen and oxygen atoms in total. The second-order valence-electron chi connectivity index (χ2n) is 6.81. The molecule has 0 aromatic heterocycles. The Hall–Kier alpha value is -2.65. The van der Waals surface area contributed by atoms with Crippen molar-refractivity contribution in [3.63, 3.8) is 0 Å². The van der Waals surface area contributed by atoms with Crippen molar-refractivity contribution in [2.24, 2.45) is 5.73 Å². The van der Waals surface area contributed by atoms with Crippen LogP contribution in [0, 0.1) is 0 Å². The lowest BCUT2D eigenvalue weighted by atomic mass is 10.1. The van der Waals surface area contributed by atoms with Crippen LogP contribution in [0.5, 0.6) is 0 Å². The highest BCUT2D eigenvalue weighted by atomic mass is 16.2. The van der Waals surface area contributed by atoms with E-state index in [1.807, 2.05) is 20.8 Å². The molecule has 0 bridgehead atoms. The zero-order valence-corrected chi connectivity index (χ0v) is 14.7. The summed E-state index contributed by atoms with van der Waals surface area (Å²) in [4.78, 5) is 59.2. The summed E-state index contributed by atoms with van der Waals surface area (Å²) >= 11 is 0.